The first-order valence-electron chi connectivity index (χ1n) is 11.6. The second-order valence-corrected chi connectivity index (χ2v) is 9.74. The molecule has 0 aliphatic rings. The standard InChI is InChI=1S/C28H29Cl3N2O2/c1-3-19(2)32-28(35)26(16-20-10-5-4-6-11-20)33(18-21-12-7-8-13-23(21)29)27(34)17-22-24(30)14-9-15-25(22)31/h4-15,19,26H,3,16-18H2,1-2H3,(H,32,35)/t19-,26+/m1/s1. The molecule has 0 radical (unpaired) electrons. The molecule has 3 rings (SSSR count). The SMILES string of the molecule is CC[C@@H](C)NC(=O)[C@H](Cc1ccccc1)N(Cc1ccccc1Cl)C(=O)Cc1c(Cl)cccc1Cl. The summed E-state index contributed by atoms with van der Waals surface area (Å²) >= 11 is 19.2. The average Bonchev–Trinajstić information content (AvgIpc) is 2.85. The summed E-state index contributed by atoms with van der Waals surface area (Å²) in [6, 6.07) is 21.3. The molecule has 0 saturated carbocycles. The van der Waals surface area contributed by atoms with Crippen molar-refractivity contribution >= 4 is 46.6 Å². The van der Waals surface area contributed by atoms with Crippen LogP contribution in [-0.4, -0.2) is 28.8 Å². The molecule has 1 N–H and O–H groups in total. The lowest BCUT2D eigenvalue weighted by molar-refractivity contribution is -0.141. The number of nitrogens with one attached hydrogen (secondary N) is 1. The van der Waals surface area contributed by atoms with Crippen LogP contribution in [0.5, 0.6) is 0 Å². The Kier molecular flexibility index (Phi) is 10.0. The Balaban J connectivity index is 2.02. The number of amides is 2. The van der Waals surface area contributed by atoms with Gasteiger partial charge in [0.1, 0.15) is 6.04 Å². The second-order valence-electron chi connectivity index (χ2n) is 8.51. The Morgan fingerprint density at radius 3 is 2.09 bits per heavy atom. The number of benzene rings is 3. The van der Waals surface area contributed by atoms with Gasteiger partial charge in [0.05, 0.1) is 6.42 Å². The Morgan fingerprint density at radius 2 is 1.46 bits per heavy atom. The first-order valence-corrected chi connectivity index (χ1v) is 12.7. The highest BCUT2D eigenvalue weighted by Crippen LogP contribution is 2.27. The molecule has 3 aromatic carbocycles. The third-order valence-electron chi connectivity index (χ3n) is 5.96. The number of nitrogens with zero attached hydrogens (tertiary/aromatic N) is 1. The van der Waals surface area contributed by atoms with Crippen LogP contribution in [0.2, 0.25) is 15.1 Å². The molecular weight excluding hydrogens is 503 g/mol. The third kappa shape index (κ3) is 7.47. The number of rotatable bonds is 10. The van der Waals surface area contributed by atoms with Gasteiger partial charge < -0.3 is 10.2 Å². The number of hydrogen-bond acceptors (Lipinski definition) is 2. The number of hydrogen-bond donors (Lipinski definition) is 1. The van der Waals surface area contributed by atoms with Gasteiger partial charge in [-0.1, -0.05) is 96.3 Å². The van der Waals surface area contributed by atoms with Crippen molar-refractivity contribution in [3.05, 3.63) is 105 Å². The Bertz CT molecular complexity index is 1130. The van der Waals surface area contributed by atoms with E-state index in [1.165, 1.54) is 0 Å². The molecule has 35 heavy (non-hydrogen) atoms. The molecule has 0 fully saturated rings. The van der Waals surface area contributed by atoms with E-state index >= 15 is 0 Å². The van der Waals surface area contributed by atoms with E-state index in [1.54, 1.807) is 29.2 Å². The Labute approximate surface area is 222 Å². The monoisotopic (exact) mass is 530 g/mol. The van der Waals surface area contributed by atoms with E-state index in [9.17, 15) is 9.59 Å². The Morgan fingerprint density at radius 1 is 0.857 bits per heavy atom. The van der Waals surface area contributed by atoms with Gasteiger partial charge in [-0.25, -0.2) is 0 Å². The van der Waals surface area contributed by atoms with E-state index in [0.717, 1.165) is 17.5 Å². The van der Waals surface area contributed by atoms with Crippen molar-refractivity contribution in [3.8, 4) is 0 Å². The van der Waals surface area contributed by atoms with E-state index in [2.05, 4.69) is 5.32 Å². The van der Waals surface area contributed by atoms with Crippen LogP contribution in [0.15, 0.2) is 72.8 Å². The number of carbonyl (C=O) groups is 2. The highest BCUT2D eigenvalue weighted by Gasteiger charge is 2.32. The molecule has 0 aliphatic heterocycles. The maximum atomic E-state index is 13.8. The summed E-state index contributed by atoms with van der Waals surface area (Å²) in [6.45, 7) is 4.12. The summed E-state index contributed by atoms with van der Waals surface area (Å²) < 4.78 is 0. The molecule has 2 atom stereocenters. The van der Waals surface area contributed by atoms with Gasteiger partial charge in [-0.2, -0.15) is 0 Å². The first kappa shape index (κ1) is 27.1. The molecule has 0 spiro atoms. The van der Waals surface area contributed by atoms with Crippen molar-refractivity contribution in [3.63, 3.8) is 0 Å². The quantitative estimate of drug-likeness (QED) is 0.315. The highest BCUT2D eigenvalue weighted by atomic mass is 35.5. The highest BCUT2D eigenvalue weighted by molar-refractivity contribution is 6.36. The third-order valence-corrected chi connectivity index (χ3v) is 7.04. The summed E-state index contributed by atoms with van der Waals surface area (Å²) in [5.74, 6) is -0.478. The second kappa shape index (κ2) is 13.0. The van der Waals surface area contributed by atoms with Crippen LogP contribution in [0.4, 0.5) is 0 Å². The predicted molar refractivity (Wildman–Crippen MR) is 144 cm³/mol. The van der Waals surface area contributed by atoms with Gasteiger partial charge in [-0.15, -0.1) is 0 Å². The van der Waals surface area contributed by atoms with Gasteiger partial charge in [0.25, 0.3) is 0 Å². The first-order chi connectivity index (χ1) is 16.8. The van der Waals surface area contributed by atoms with E-state index in [1.807, 2.05) is 62.4 Å². The molecule has 0 heterocycles. The number of carbonyl (C=O) groups excluding carboxylic acids is 2. The fraction of sp³-hybridized carbons (Fsp3) is 0.286. The van der Waals surface area contributed by atoms with Crippen molar-refractivity contribution < 1.29 is 9.59 Å². The summed E-state index contributed by atoms with van der Waals surface area (Å²) in [6.07, 6.45) is 1.10. The molecule has 0 bridgehead atoms. The van der Waals surface area contributed by atoms with Crippen LogP contribution in [-0.2, 0) is 29.0 Å². The van der Waals surface area contributed by atoms with Gasteiger partial charge >= 0.3 is 0 Å². The zero-order valence-electron chi connectivity index (χ0n) is 19.8. The van der Waals surface area contributed by atoms with Crippen LogP contribution >= 0.6 is 34.8 Å². The lowest BCUT2D eigenvalue weighted by Gasteiger charge is -2.33. The summed E-state index contributed by atoms with van der Waals surface area (Å²) in [5, 5.41) is 4.40. The van der Waals surface area contributed by atoms with Crippen LogP contribution in [0, 0.1) is 0 Å². The topological polar surface area (TPSA) is 49.4 Å². The molecule has 2 amide bonds. The van der Waals surface area contributed by atoms with Gasteiger partial charge in [-0.3, -0.25) is 9.59 Å². The smallest absolute Gasteiger partial charge is 0.243 e. The van der Waals surface area contributed by atoms with Crippen LogP contribution in [0.1, 0.15) is 37.0 Å². The maximum absolute atomic E-state index is 13.8. The predicted octanol–water partition coefficient (Wildman–Crippen LogP) is 6.74. The van der Waals surface area contributed by atoms with Gasteiger partial charge in [-0.05, 0) is 48.2 Å². The minimum absolute atomic E-state index is 0.0314. The van der Waals surface area contributed by atoms with Crippen LogP contribution in [0.3, 0.4) is 0 Å². The fourth-order valence-electron chi connectivity index (χ4n) is 3.76. The molecule has 3 aromatic rings. The molecule has 0 aliphatic carbocycles. The van der Waals surface area contributed by atoms with E-state index in [-0.39, 0.29) is 30.8 Å². The van der Waals surface area contributed by atoms with Crippen LogP contribution < -0.4 is 5.32 Å². The molecular formula is C28H29Cl3N2O2. The summed E-state index contributed by atoms with van der Waals surface area (Å²) in [7, 11) is 0. The molecule has 7 heteroatoms. The van der Waals surface area contributed by atoms with Crippen molar-refractivity contribution in [1.82, 2.24) is 10.2 Å². The fourth-order valence-corrected chi connectivity index (χ4v) is 4.49. The molecule has 4 nitrogen and oxygen atoms in total. The molecule has 0 aromatic heterocycles. The van der Waals surface area contributed by atoms with E-state index < -0.39 is 6.04 Å². The lowest BCUT2D eigenvalue weighted by atomic mass is 10.0. The van der Waals surface area contributed by atoms with Crippen LogP contribution in [0.25, 0.3) is 0 Å². The zero-order chi connectivity index (χ0) is 25.4. The van der Waals surface area contributed by atoms with E-state index in [4.69, 9.17) is 34.8 Å². The zero-order valence-corrected chi connectivity index (χ0v) is 22.1. The van der Waals surface area contributed by atoms with Gasteiger partial charge in [0.2, 0.25) is 11.8 Å². The van der Waals surface area contributed by atoms with Crippen molar-refractivity contribution in [1.29, 1.82) is 0 Å². The molecule has 0 saturated heterocycles. The normalized spacial score (nSPS) is 12.6. The summed E-state index contributed by atoms with van der Waals surface area (Å²) in [5.41, 5.74) is 2.23. The van der Waals surface area contributed by atoms with Gasteiger partial charge in [0.15, 0.2) is 0 Å². The minimum atomic E-state index is -0.753. The Hall–Kier alpha value is -2.53. The van der Waals surface area contributed by atoms with Crippen molar-refractivity contribution in [2.24, 2.45) is 0 Å². The molecule has 0 unspecified atom stereocenters. The van der Waals surface area contributed by atoms with Crippen molar-refractivity contribution in [2.75, 3.05) is 0 Å². The lowest BCUT2D eigenvalue weighted by Crippen LogP contribution is -2.52. The van der Waals surface area contributed by atoms with Gasteiger partial charge in [0, 0.05) is 34.1 Å². The van der Waals surface area contributed by atoms with Crippen molar-refractivity contribution in [2.45, 2.75) is 51.7 Å². The maximum Gasteiger partial charge on any atom is 0.243 e. The number of halogens is 3. The van der Waals surface area contributed by atoms with E-state index in [0.29, 0.717) is 27.1 Å². The molecule has 184 valence electrons. The summed E-state index contributed by atoms with van der Waals surface area (Å²) in [4.78, 5) is 28.9. The average molecular weight is 532 g/mol. The largest absolute Gasteiger partial charge is 0.352 e. The minimum Gasteiger partial charge on any atom is -0.352 e.